The lowest BCUT2D eigenvalue weighted by atomic mass is 9.74. The van der Waals surface area contributed by atoms with E-state index in [0.717, 1.165) is 17.7 Å². The third kappa shape index (κ3) is 4.05. The van der Waals surface area contributed by atoms with Crippen molar-refractivity contribution in [3.8, 4) is 0 Å². The van der Waals surface area contributed by atoms with Crippen molar-refractivity contribution in [1.29, 1.82) is 0 Å². The number of benzene rings is 2. The molecule has 3 rings (SSSR count). The Kier molecular flexibility index (Phi) is 5.17. The molecule has 0 bridgehead atoms. The van der Waals surface area contributed by atoms with E-state index >= 15 is 0 Å². The molecule has 134 valence electrons. The molecule has 1 saturated heterocycles. The number of nitrogens with one attached hydrogen (secondary N) is 1. The van der Waals surface area contributed by atoms with Crippen LogP contribution in [0.3, 0.4) is 0 Å². The highest BCUT2D eigenvalue weighted by Crippen LogP contribution is 2.34. The van der Waals surface area contributed by atoms with Crippen molar-refractivity contribution < 1.29 is 21.9 Å². The van der Waals surface area contributed by atoms with E-state index in [1.807, 2.05) is 30.3 Å². The molecular formula is C18H19F2NO3S. The highest BCUT2D eigenvalue weighted by atomic mass is 32.2. The minimum atomic E-state index is -4.02. The molecule has 0 spiro atoms. The van der Waals surface area contributed by atoms with Crippen LogP contribution in [-0.4, -0.2) is 28.2 Å². The van der Waals surface area contributed by atoms with Crippen LogP contribution in [0, 0.1) is 11.6 Å². The summed E-state index contributed by atoms with van der Waals surface area (Å²) in [6.45, 7) is 1.21. The van der Waals surface area contributed by atoms with Crippen molar-refractivity contribution in [1.82, 2.24) is 4.72 Å². The quantitative estimate of drug-likeness (QED) is 0.884. The Morgan fingerprint density at radius 3 is 2.20 bits per heavy atom. The van der Waals surface area contributed by atoms with Crippen LogP contribution >= 0.6 is 0 Å². The molecule has 0 aromatic heterocycles. The van der Waals surface area contributed by atoms with Crippen molar-refractivity contribution in [2.24, 2.45) is 0 Å². The summed E-state index contributed by atoms with van der Waals surface area (Å²) in [4.78, 5) is -0.416. The zero-order valence-corrected chi connectivity index (χ0v) is 14.4. The number of halogens is 2. The molecule has 2 aromatic carbocycles. The van der Waals surface area contributed by atoms with E-state index in [-0.39, 0.29) is 6.54 Å². The van der Waals surface area contributed by atoms with Crippen molar-refractivity contribution in [3.05, 3.63) is 65.7 Å². The summed E-state index contributed by atoms with van der Waals surface area (Å²) >= 11 is 0. The average Bonchev–Trinajstić information content (AvgIpc) is 2.61. The van der Waals surface area contributed by atoms with Gasteiger partial charge < -0.3 is 4.74 Å². The summed E-state index contributed by atoms with van der Waals surface area (Å²) in [6, 6.07) is 11.9. The lowest BCUT2D eigenvalue weighted by Crippen LogP contribution is -2.44. The van der Waals surface area contributed by atoms with Gasteiger partial charge in [-0.1, -0.05) is 30.3 Å². The molecule has 0 unspecified atom stereocenters. The van der Waals surface area contributed by atoms with E-state index in [1.54, 1.807) is 0 Å². The van der Waals surface area contributed by atoms with Crippen LogP contribution < -0.4 is 4.72 Å². The van der Waals surface area contributed by atoms with Crippen LogP contribution in [0.2, 0.25) is 0 Å². The van der Waals surface area contributed by atoms with Crippen LogP contribution in [0.5, 0.6) is 0 Å². The Morgan fingerprint density at radius 2 is 1.60 bits per heavy atom. The predicted octanol–water partition coefficient (Wildman–Crippen LogP) is 2.99. The third-order valence-corrected chi connectivity index (χ3v) is 5.96. The van der Waals surface area contributed by atoms with E-state index in [2.05, 4.69) is 4.72 Å². The summed E-state index contributed by atoms with van der Waals surface area (Å²) in [5, 5.41) is 0. The van der Waals surface area contributed by atoms with Gasteiger partial charge >= 0.3 is 0 Å². The maximum atomic E-state index is 13.3. The maximum absolute atomic E-state index is 13.3. The van der Waals surface area contributed by atoms with Gasteiger partial charge in [0.15, 0.2) is 0 Å². The van der Waals surface area contributed by atoms with Crippen LogP contribution in [0.15, 0.2) is 53.4 Å². The highest BCUT2D eigenvalue weighted by molar-refractivity contribution is 7.89. The number of sulfonamides is 1. The summed E-state index contributed by atoms with van der Waals surface area (Å²) in [5.41, 5.74) is 0.616. The fraction of sp³-hybridized carbons (Fsp3) is 0.333. The Hall–Kier alpha value is -1.83. The number of rotatable bonds is 5. The van der Waals surface area contributed by atoms with Crippen LogP contribution in [-0.2, 0) is 20.2 Å². The minimum absolute atomic E-state index is 0.140. The van der Waals surface area contributed by atoms with E-state index in [9.17, 15) is 17.2 Å². The SMILES string of the molecule is O=S(=O)(NCC1(c2ccccc2)CCOCC1)c1cc(F)cc(F)c1. The topological polar surface area (TPSA) is 55.4 Å². The van der Waals surface area contributed by atoms with Crippen molar-refractivity contribution in [3.63, 3.8) is 0 Å². The molecule has 1 aliphatic heterocycles. The van der Waals surface area contributed by atoms with Gasteiger partial charge in [-0.2, -0.15) is 0 Å². The Balaban J connectivity index is 1.86. The van der Waals surface area contributed by atoms with Crippen molar-refractivity contribution >= 4 is 10.0 Å². The molecule has 0 radical (unpaired) electrons. The standard InChI is InChI=1S/C18H19F2NO3S/c19-15-10-16(20)12-17(11-15)25(22,23)21-13-18(6-8-24-9-7-18)14-4-2-1-3-5-14/h1-5,10-12,21H,6-9,13H2. The molecule has 1 fully saturated rings. The summed E-state index contributed by atoms with van der Waals surface area (Å²) in [5.74, 6) is -1.85. The predicted molar refractivity (Wildman–Crippen MR) is 89.7 cm³/mol. The van der Waals surface area contributed by atoms with E-state index < -0.39 is 32.0 Å². The summed E-state index contributed by atoms with van der Waals surface area (Å²) < 4.78 is 59.6. The molecule has 0 atom stereocenters. The monoisotopic (exact) mass is 367 g/mol. The fourth-order valence-corrected chi connectivity index (χ4v) is 4.29. The lowest BCUT2D eigenvalue weighted by molar-refractivity contribution is 0.0517. The maximum Gasteiger partial charge on any atom is 0.240 e. The smallest absolute Gasteiger partial charge is 0.240 e. The molecule has 0 aliphatic carbocycles. The normalized spacial score (nSPS) is 17.4. The van der Waals surface area contributed by atoms with Gasteiger partial charge in [-0.3, -0.25) is 0 Å². The molecular weight excluding hydrogens is 348 g/mol. The van der Waals surface area contributed by atoms with Gasteiger partial charge in [0, 0.05) is 31.2 Å². The molecule has 1 N–H and O–H groups in total. The van der Waals surface area contributed by atoms with Crippen LogP contribution in [0.25, 0.3) is 0 Å². The molecule has 25 heavy (non-hydrogen) atoms. The number of hydrogen-bond donors (Lipinski definition) is 1. The van der Waals surface area contributed by atoms with Gasteiger partial charge in [0.25, 0.3) is 0 Å². The molecule has 0 amide bonds. The first-order chi connectivity index (χ1) is 11.9. The third-order valence-electron chi connectivity index (χ3n) is 4.58. The molecule has 2 aromatic rings. The molecule has 7 heteroatoms. The fourth-order valence-electron chi connectivity index (χ4n) is 3.12. The summed E-state index contributed by atoms with van der Waals surface area (Å²) in [7, 11) is -4.02. The van der Waals surface area contributed by atoms with E-state index in [1.165, 1.54) is 0 Å². The molecule has 1 aliphatic rings. The van der Waals surface area contributed by atoms with Crippen molar-refractivity contribution in [2.75, 3.05) is 19.8 Å². The second-order valence-corrected chi connectivity index (χ2v) is 7.96. The largest absolute Gasteiger partial charge is 0.381 e. The number of ether oxygens (including phenoxy) is 1. The molecule has 4 nitrogen and oxygen atoms in total. The van der Waals surface area contributed by atoms with Crippen LogP contribution in [0.4, 0.5) is 8.78 Å². The average molecular weight is 367 g/mol. The first-order valence-electron chi connectivity index (χ1n) is 8.00. The van der Waals surface area contributed by atoms with Gasteiger partial charge in [-0.05, 0) is 30.5 Å². The number of hydrogen-bond acceptors (Lipinski definition) is 3. The first kappa shape index (κ1) is 18.0. The lowest BCUT2D eigenvalue weighted by Gasteiger charge is -2.37. The Labute approximate surface area is 145 Å². The Morgan fingerprint density at radius 1 is 1.00 bits per heavy atom. The van der Waals surface area contributed by atoms with Gasteiger partial charge in [-0.25, -0.2) is 21.9 Å². The van der Waals surface area contributed by atoms with Gasteiger partial charge in [0.05, 0.1) is 4.90 Å². The molecule has 0 saturated carbocycles. The Bertz CT molecular complexity index is 814. The van der Waals surface area contributed by atoms with E-state index in [0.29, 0.717) is 32.1 Å². The second-order valence-electron chi connectivity index (χ2n) is 6.19. The first-order valence-corrected chi connectivity index (χ1v) is 9.49. The molecule has 1 heterocycles. The zero-order valence-electron chi connectivity index (χ0n) is 13.5. The van der Waals surface area contributed by atoms with E-state index in [4.69, 9.17) is 4.74 Å². The second kappa shape index (κ2) is 7.19. The van der Waals surface area contributed by atoms with Crippen molar-refractivity contribution in [2.45, 2.75) is 23.2 Å². The van der Waals surface area contributed by atoms with Gasteiger partial charge in [-0.15, -0.1) is 0 Å². The van der Waals surface area contributed by atoms with Gasteiger partial charge in [0.2, 0.25) is 10.0 Å². The minimum Gasteiger partial charge on any atom is -0.381 e. The zero-order chi connectivity index (χ0) is 17.9. The van der Waals surface area contributed by atoms with Crippen LogP contribution in [0.1, 0.15) is 18.4 Å². The van der Waals surface area contributed by atoms with Gasteiger partial charge in [0.1, 0.15) is 11.6 Å². The summed E-state index contributed by atoms with van der Waals surface area (Å²) in [6.07, 6.45) is 1.33. The highest BCUT2D eigenvalue weighted by Gasteiger charge is 2.35.